The van der Waals surface area contributed by atoms with E-state index in [9.17, 15) is 0 Å². The number of fused-ring (bicyclic) bond motifs is 1. The highest BCUT2D eigenvalue weighted by molar-refractivity contribution is 5.91. The molecule has 4 heteroatoms. The first-order chi connectivity index (χ1) is 12.1. The molecule has 0 N–H and O–H groups in total. The fraction of sp³-hybridized carbons (Fsp3) is 0.190. The Balaban J connectivity index is 2.05. The Hall–Kier alpha value is -3.01. The monoisotopic (exact) mass is 334 g/mol. The van der Waals surface area contributed by atoms with Gasteiger partial charge in [-0.3, -0.25) is 4.98 Å². The number of anilines is 1. The van der Waals surface area contributed by atoms with Crippen molar-refractivity contribution in [1.82, 2.24) is 4.98 Å². The molecule has 3 aromatic rings. The Labute approximate surface area is 148 Å². The average molecular weight is 334 g/mol. The Kier molecular flexibility index (Phi) is 4.89. The van der Waals surface area contributed by atoms with E-state index in [0.717, 1.165) is 39.2 Å². The molecule has 0 atom stereocenters. The fourth-order valence-electron chi connectivity index (χ4n) is 2.83. The molecule has 0 aliphatic rings. The van der Waals surface area contributed by atoms with Crippen LogP contribution >= 0.6 is 0 Å². The molecule has 128 valence electrons. The highest BCUT2D eigenvalue weighted by Gasteiger charge is 2.11. The van der Waals surface area contributed by atoms with Crippen molar-refractivity contribution in [2.75, 3.05) is 33.2 Å². The molecule has 3 rings (SSSR count). The van der Waals surface area contributed by atoms with E-state index in [4.69, 9.17) is 9.47 Å². The summed E-state index contributed by atoms with van der Waals surface area (Å²) in [6, 6.07) is 14.1. The lowest BCUT2D eigenvalue weighted by Crippen LogP contribution is -2.10. The first-order valence-electron chi connectivity index (χ1n) is 8.09. The Morgan fingerprint density at radius 3 is 2.32 bits per heavy atom. The maximum atomic E-state index is 5.57. The van der Waals surface area contributed by atoms with Gasteiger partial charge in [0.2, 0.25) is 0 Å². The molecule has 1 aromatic heterocycles. The van der Waals surface area contributed by atoms with Crippen molar-refractivity contribution >= 4 is 28.7 Å². The first kappa shape index (κ1) is 16.8. The van der Waals surface area contributed by atoms with Crippen LogP contribution in [0.2, 0.25) is 0 Å². The number of nitrogens with zero attached hydrogens (tertiary/aromatic N) is 2. The minimum absolute atomic E-state index is 0.805. The van der Waals surface area contributed by atoms with Gasteiger partial charge in [-0.1, -0.05) is 30.4 Å². The van der Waals surface area contributed by atoms with Gasteiger partial charge >= 0.3 is 0 Å². The summed E-state index contributed by atoms with van der Waals surface area (Å²) in [6.07, 6.45) is 5.95. The van der Waals surface area contributed by atoms with Crippen LogP contribution in [0.1, 0.15) is 11.1 Å². The summed E-state index contributed by atoms with van der Waals surface area (Å²) < 4.78 is 11.1. The van der Waals surface area contributed by atoms with Crippen molar-refractivity contribution < 1.29 is 9.47 Å². The largest absolute Gasteiger partial charge is 0.496 e. The molecule has 0 aliphatic heterocycles. The van der Waals surface area contributed by atoms with E-state index in [2.05, 4.69) is 17.1 Å². The van der Waals surface area contributed by atoms with Crippen molar-refractivity contribution in [2.24, 2.45) is 0 Å². The molecule has 0 fully saturated rings. The zero-order valence-electron chi connectivity index (χ0n) is 15.0. The predicted molar refractivity (Wildman–Crippen MR) is 105 cm³/mol. The second-order valence-electron chi connectivity index (χ2n) is 5.91. The lowest BCUT2D eigenvalue weighted by molar-refractivity contribution is 0.403. The number of para-hydroxylation sites is 1. The Morgan fingerprint density at radius 1 is 0.880 bits per heavy atom. The van der Waals surface area contributed by atoms with Gasteiger partial charge in [0.1, 0.15) is 11.5 Å². The second kappa shape index (κ2) is 7.26. The van der Waals surface area contributed by atoms with Crippen LogP contribution in [0.4, 0.5) is 5.69 Å². The van der Waals surface area contributed by atoms with E-state index in [1.165, 1.54) is 0 Å². The molecule has 0 amide bonds. The lowest BCUT2D eigenvalue weighted by atomic mass is 10.1. The molecule has 0 radical (unpaired) electrons. The molecule has 0 bridgehead atoms. The lowest BCUT2D eigenvalue weighted by Gasteiger charge is -2.19. The maximum absolute atomic E-state index is 5.57. The highest BCUT2D eigenvalue weighted by Crippen LogP contribution is 2.35. The van der Waals surface area contributed by atoms with Gasteiger partial charge in [0.05, 0.1) is 25.4 Å². The molecule has 0 spiro atoms. The zero-order valence-corrected chi connectivity index (χ0v) is 15.0. The van der Waals surface area contributed by atoms with Gasteiger partial charge in [0.15, 0.2) is 0 Å². The summed E-state index contributed by atoms with van der Waals surface area (Å²) in [7, 11) is 7.32. The van der Waals surface area contributed by atoms with Crippen LogP contribution in [-0.2, 0) is 0 Å². The van der Waals surface area contributed by atoms with Crippen LogP contribution in [0.5, 0.6) is 11.5 Å². The van der Waals surface area contributed by atoms with E-state index in [1.807, 2.05) is 67.7 Å². The standard InChI is InChI=1S/C21H22N2O2/c1-23(2)19-14-20(24-3)16(13-21(19)25-4)10-9-15-11-12-22-18-8-6-5-7-17(15)18/h5-14H,1-4H3/b10-9-. The van der Waals surface area contributed by atoms with Gasteiger partial charge in [-0.2, -0.15) is 0 Å². The molecule has 0 saturated heterocycles. The second-order valence-corrected chi connectivity index (χ2v) is 5.91. The van der Waals surface area contributed by atoms with Crippen molar-refractivity contribution in [1.29, 1.82) is 0 Å². The van der Waals surface area contributed by atoms with Crippen molar-refractivity contribution in [3.05, 3.63) is 59.8 Å². The number of aromatic nitrogens is 1. The molecule has 0 aliphatic carbocycles. The number of hydrogen-bond acceptors (Lipinski definition) is 4. The summed E-state index contributed by atoms with van der Waals surface area (Å²) in [6.45, 7) is 0. The van der Waals surface area contributed by atoms with Gasteiger partial charge in [0.25, 0.3) is 0 Å². The van der Waals surface area contributed by atoms with Gasteiger partial charge in [-0.25, -0.2) is 0 Å². The summed E-state index contributed by atoms with van der Waals surface area (Å²) >= 11 is 0. The van der Waals surface area contributed by atoms with Gasteiger partial charge < -0.3 is 14.4 Å². The maximum Gasteiger partial charge on any atom is 0.143 e. The molecule has 25 heavy (non-hydrogen) atoms. The van der Waals surface area contributed by atoms with Crippen LogP contribution < -0.4 is 14.4 Å². The molecular weight excluding hydrogens is 312 g/mol. The summed E-state index contributed by atoms with van der Waals surface area (Å²) in [5.74, 6) is 1.61. The minimum Gasteiger partial charge on any atom is -0.496 e. The third-order valence-corrected chi connectivity index (χ3v) is 4.14. The smallest absolute Gasteiger partial charge is 0.143 e. The van der Waals surface area contributed by atoms with E-state index < -0.39 is 0 Å². The van der Waals surface area contributed by atoms with Crippen LogP contribution in [0.15, 0.2) is 48.7 Å². The molecule has 2 aromatic carbocycles. The first-order valence-corrected chi connectivity index (χ1v) is 8.09. The SMILES string of the molecule is COc1cc(N(C)C)c(OC)cc1/C=C\c1ccnc2ccccc12. The molecular formula is C21H22N2O2. The van der Waals surface area contributed by atoms with Gasteiger partial charge in [-0.15, -0.1) is 0 Å². The zero-order chi connectivity index (χ0) is 17.8. The number of hydrogen-bond donors (Lipinski definition) is 0. The van der Waals surface area contributed by atoms with Crippen LogP contribution in [-0.4, -0.2) is 33.3 Å². The number of methoxy groups -OCH3 is 2. The van der Waals surface area contributed by atoms with Crippen molar-refractivity contribution in [2.45, 2.75) is 0 Å². The third kappa shape index (κ3) is 3.43. The van der Waals surface area contributed by atoms with Crippen LogP contribution in [0.3, 0.4) is 0 Å². The van der Waals surface area contributed by atoms with Gasteiger partial charge in [-0.05, 0) is 23.8 Å². The van der Waals surface area contributed by atoms with E-state index in [-0.39, 0.29) is 0 Å². The minimum atomic E-state index is 0.805. The molecule has 0 unspecified atom stereocenters. The number of ether oxygens (including phenoxy) is 2. The normalized spacial score (nSPS) is 11.0. The fourth-order valence-corrected chi connectivity index (χ4v) is 2.83. The predicted octanol–water partition coefficient (Wildman–Crippen LogP) is 4.49. The molecule has 0 saturated carbocycles. The quantitative estimate of drug-likeness (QED) is 0.688. The Bertz CT molecular complexity index is 912. The van der Waals surface area contributed by atoms with E-state index in [1.54, 1.807) is 14.2 Å². The molecule has 4 nitrogen and oxygen atoms in total. The van der Waals surface area contributed by atoms with Crippen LogP contribution in [0, 0.1) is 0 Å². The topological polar surface area (TPSA) is 34.6 Å². The summed E-state index contributed by atoms with van der Waals surface area (Å²) in [4.78, 5) is 6.41. The third-order valence-electron chi connectivity index (χ3n) is 4.14. The van der Waals surface area contributed by atoms with E-state index >= 15 is 0 Å². The highest BCUT2D eigenvalue weighted by atomic mass is 16.5. The van der Waals surface area contributed by atoms with E-state index in [0.29, 0.717) is 0 Å². The van der Waals surface area contributed by atoms with Crippen LogP contribution in [0.25, 0.3) is 23.1 Å². The number of benzene rings is 2. The number of pyridine rings is 1. The van der Waals surface area contributed by atoms with Crippen molar-refractivity contribution in [3.63, 3.8) is 0 Å². The molecule has 1 heterocycles. The summed E-state index contributed by atoms with van der Waals surface area (Å²) in [5, 5.41) is 1.12. The van der Waals surface area contributed by atoms with Gasteiger partial charge in [0, 0.05) is 37.3 Å². The number of rotatable bonds is 5. The average Bonchev–Trinajstić information content (AvgIpc) is 2.65. The Morgan fingerprint density at radius 2 is 1.60 bits per heavy atom. The van der Waals surface area contributed by atoms with Crippen molar-refractivity contribution in [3.8, 4) is 11.5 Å². The summed E-state index contributed by atoms with van der Waals surface area (Å²) in [5.41, 5.74) is 4.04.